The van der Waals surface area contributed by atoms with Crippen LogP contribution in [0.4, 0.5) is 11.4 Å². The van der Waals surface area contributed by atoms with Crippen LogP contribution in [0.25, 0.3) is 0 Å². The van der Waals surface area contributed by atoms with Gasteiger partial charge in [0.15, 0.2) is 9.84 Å². The van der Waals surface area contributed by atoms with Crippen LogP contribution in [0.5, 0.6) is 5.75 Å². The first-order valence-electron chi connectivity index (χ1n) is 8.14. The molecule has 0 fully saturated rings. The van der Waals surface area contributed by atoms with E-state index in [2.05, 4.69) is 10.6 Å². The van der Waals surface area contributed by atoms with E-state index in [-0.39, 0.29) is 10.8 Å². The summed E-state index contributed by atoms with van der Waals surface area (Å²) >= 11 is 0. The molecule has 0 radical (unpaired) electrons. The summed E-state index contributed by atoms with van der Waals surface area (Å²) in [4.78, 5) is 12.5. The van der Waals surface area contributed by atoms with Gasteiger partial charge in [0.25, 0.3) is 0 Å². The van der Waals surface area contributed by atoms with E-state index in [1.807, 2.05) is 32.0 Å². The Hall–Kier alpha value is -2.54. The molecule has 0 aromatic heterocycles. The summed E-state index contributed by atoms with van der Waals surface area (Å²) in [5, 5.41) is 5.80. The van der Waals surface area contributed by atoms with Crippen molar-refractivity contribution in [2.45, 2.75) is 31.7 Å². The minimum Gasteiger partial charge on any atom is -0.497 e. The monoisotopic (exact) mass is 376 g/mol. The number of hydrogen-bond donors (Lipinski definition) is 2. The first-order valence-corrected chi connectivity index (χ1v) is 10.0. The molecular weight excluding hydrogens is 352 g/mol. The van der Waals surface area contributed by atoms with Gasteiger partial charge in [-0.3, -0.25) is 4.79 Å². The van der Waals surface area contributed by atoms with Crippen LogP contribution < -0.4 is 15.4 Å². The second kappa shape index (κ2) is 7.78. The Bertz CT molecular complexity index is 923. The maximum atomic E-state index is 12.4. The number of carbonyl (C=O) groups is 1. The predicted molar refractivity (Wildman–Crippen MR) is 104 cm³/mol. The van der Waals surface area contributed by atoms with Crippen molar-refractivity contribution in [2.24, 2.45) is 0 Å². The smallest absolute Gasteiger partial charge is 0.246 e. The zero-order chi connectivity index (χ0) is 19.5. The van der Waals surface area contributed by atoms with Crippen molar-refractivity contribution in [3.05, 3.63) is 47.5 Å². The highest BCUT2D eigenvalue weighted by molar-refractivity contribution is 7.90. The molecule has 0 aliphatic carbocycles. The van der Waals surface area contributed by atoms with E-state index >= 15 is 0 Å². The fraction of sp³-hybridized carbons (Fsp3) is 0.316. The zero-order valence-corrected chi connectivity index (χ0v) is 16.4. The molecule has 1 unspecified atom stereocenters. The number of methoxy groups -OCH3 is 1. The average molecular weight is 376 g/mol. The molecule has 0 spiro atoms. The summed E-state index contributed by atoms with van der Waals surface area (Å²) in [6, 6.07) is 9.71. The van der Waals surface area contributed by atoms with E-state index in [1.165, 1.54) is 13.2 Å². The van der Waals surface area contributed by atoms with Crippen LogP contribution in [0, 0.1) is 13.8 Å². The fourth-order valence-electron chi connectivity index (χ4n) is 2.42. The summed E-state index contributed by atoms with van der Waals surface area (Å²) in [5.41, 5.74) is 3.28. The van der Waals surface area contributed by atoms with Crippen molar-refractivity contribution < 1.29 is 17.9 Å². The Morgan fingerprint density at radius 3 is 2.35 bits per heavy atom. The number of rotatable bonds is 6. The highest BCUT2D eigenvalue weighted by Crippen LogP contribution is 2.27. The molecular formula is C19H24N2O4S. The molecule has 0 saturated carbocycles. The van der Waals surface area contributed by atoms with E-state index in [0.717, 1.165) is 17.4 Å². The molecule has 2 aromatic carbocycles. The maximum Gasteiger partial charge on any atom is 0.246 e. The SMILES string of the molecule is COc1ccc(NC(C)C(=O)Nc2ccc(C)c(C)c2)c(S(C)(=O)=O)c1. The van der Waals surface area contributed by atoms with Gasteiger partial charge in [-0.15, -0.1) is 0 Å². The van der Waals surface area contributed by atoms with Gasteiger partial charge in [-0.1, -0.05) is 6.07 Å². The van der Waals surface area contributed by atoms with Gasteiger partial charge >= 0.3 is 0 Å². The predicted octanol–water partition coefficient (Wildman–Crippen LogP) is 3.15. The van der Waals surface area contributed by atoms with E-state index < -0.39 is 15.9 Å². The quantitative estimate of drug-likeness (QED) is 0.809. The molecule has 0 saturated heterocycles. The highest BCUT2D eigenvalue weighted by Gasteiger charge is 2.19. The maximum absolute atomic E-state index is 12.4. The van der Waals surface area contributed by atoms with Gasteiger partial charge in [-0.05, 0) is 56.2 Å². The molecule has 2 N–H and O–H groups in total. The Morgan fingerprint density at radius 2 is 1.77 bits per heavy atom. The van der Waals surface area contributed by atoms with Crippen molar-refractivity contribution in [2.75, 3.05) is 24.0 Å². The van der Waals surface area contributed by atoms with E-state index in [0.29, 0.717) is 17.1 Å². The van der Waals surface area contributed by atoms with Gasteiger partial charge in [0, 0.05) is 18.0 Å². The minimum atomic E-state index is -3.48. The second-order valence-electron chi connectivity index (χ2n) is 6.29. The van der Waals surface area contributed by atoms with Crippen LogP contribution in [-0.4, -0.2) is 33.7 Å². The number of nitrogens with one attached hydrogen (secondary N) is 2. The molecule has 0 aliphatic rings. The van der Waals surface area contributed by atoms with Gasteiger partial charge < -0.3 is 15.4 Å². The van der Waals surface area contributed by atoms with Crippen LogP contribution in [0.2, 0.25) is 0 Å². The summed E-state index contributed by atoms with van der Waals surface area (Å²) in [6.07, 6.45) is 1.12. The van der Waals surface area contributed by atoms with E-state index in [4.69, 9.17) is 4.74 Å². The second-order valence-corrected chi connectivity index (χ2v) is 8.27. The number of hydrogen-bond acceptors (Lipinski definition) is 5. The van der Waals surface area contributed by atoms with Crippen LogP contribution in [0.15, 0.2) is 41.3 Å². The fourth-order valence-corrected chi connectivity index (χ4v) is 3.28. The van der Waals surface area contributed by atoms with Gasteiger partial charge in [0.05, 0.1) is 17.7 Å². The third-order valence-corrected chi connectivity index (χ3v) is 5.26. The molecule has 0 bridgehead atoms. The normalized spacial score (nSPS) is 12.3. The molecule has 1 atom stereocenters. The molecule has 0 aliphatic heterocycles. The lowest BCUT2D eigenvalue weighted by Gasteiger charge is -2.18. The Balaban J connectivity index is 2.19. The van der Waals surface area contributed by atoms with Crippen molar-refractivity contribution in [3.63, 3.8) is 0 Å². The van der Waals surface area contributed by atoms with Crippen molar-refractivity contribution in [1.29, 1.82) is 0 Å². The summed E-state index contributed by atoms with van der Waals surface area (Å²) < 4.78 is 29.2. The zero-order valence-electron chi connectivity index (χ0n) is 15.6. The topological polar surface area (TPSA) is 84.5 Å². The number of amides is 1. The van der Waals surface area contributed by atoms with E-state index in [1.54, 1.807) is 19.1 Å². The lowest BCUT2D eigenvalue weighted by Crippen LogP contribution is -2.32. The molecule has 2 rings (SSSR count). The summed E-state index contributed by atoms with van der Waals surface area (Å²) in [6.45, 7) is 5.65. The van der Waals surface area contributed by atoms with Gasteiger partial charge in [-0.2, -0.15) is 0 Å². The third-order valence-electron chi connectivity index (χ3n) is 4.13. The summed E-state index contributed by atoms with van der Waals surface area (Å²) in [5.74, 6) is 0.173. The molecule has 6 nitrogen and oxygen atoms in total. The lowest BCUT2D eigenvalue weighted by molar-refractivity contribution is -0.116. The summed E-state index contributed by atoms with van der Waals surface area (Å²) in [7, 11) is -2.01. The number of benzene rings is 2. The van der Waals surface area contributed by atoms with Gasteiger partial charge in [0.2, 0.25) is 5.91 Å². The molecule has 0 heterocycles. The van der Waals surface area contributed by atoms with Crippen molar-refractivity contribution in [3.8, 4) is 5.75 Å². The minimum absolute atomic E-state index is 0.0858. The third kappa shape index (κ3) is 4.76. The van der Waals surface area contributed by atoms with Gasteiger partial charge in [-0.25, -0.2) is 8.42 Å². The largest absolute Gasteiger partial charge is 0.497 e. The molecule has 1 amide bonds. The van der Waals surface area contributed by atoms with Crippen LogP contribution in [0.1, 0.15) is 18.1 Å². The number of anilines is 2. The number of aryl methyl sites for hydroxylation is 2. The highest BCUT2D eigenvalue weighted by atomic mass is 32.2. The Morgan fingerprint density at radius 1 is 1.08 bits per heavy atom. The molecule has 140 valence electrons. The standard InChI is InChI=1S/C19H24N2O4S/c1-12-6-7-15(10-13(12)2)21-19(22)14(3)20-17-9-8-16(25-4)11-18(17)26(5,23)24/h6-11,14,20H,1-5H3,(H,21,22). The van der Waals surface area contributed by atoms with Crippen LogP contribution >= 0.6 is 0 Å². The Kier molecular flexibility index (Phi) is 5.92. The molecule has 7 heteroatoms. The first kappa shape index (κ1) is 19.8. The number of ether oxygens (including phenoxy) is 1. The lowest BCUT2D eigenvalue weighted by atomic mass is 10.1. The number of carbonyl (C=O) groups excluding carboxylic acids is 1. The first-order chi connectivity index (χ1) is 12.1. The molecule has 26 heavy (non-hydrogen) atoms. The van der Waals surface area contributed by atoms with Crippen LogP contribution in [-0.2, 0) is 14.6 Å². The van der Waals surface area contributed by atoms with Crippen molar-refractivity contribution >= 4 is 27.1 Å². The number of sulfone groups is 1. The van der Waals surface area contributed by atoms with Gasteiger partial charge in [0.1, 0.15) is 11.8 Å². The average Bonchev–Trinajstić information content (AvgIpc) is 2.57. The molecule has 2 aromatic rings. The van der Waals surface area contributed by atoms with Crippen molar-refractivity contribution in [1.82, 2.24) is 0 Å². The Labute approximate surface area is 154 Å². The van der Waals surface area contributed by atoms with Crippen LogP contribution in [0.3, 0.4) is 0 Å². The van der Waals surface area contributed by atoms with E-state index in [9.17, 15) is 13.2 Å².